The molecule has 0 spiro atoms. The second-order valence-corrected chi connectivity index (χ2v) is 6.98. The Morgan fingerprint density at radius 2 is 1.87 bits per heavy atom. The Bertz CT molecular complexity index is 650. The monoisotopic (exact) mass is 442 g/mol. The van der Waals surface area contributed by atoms with E-state index in [1.807, 2.05) is 63.2 Å². The summed E-state index contributed by atoms with van der Waals surface area (Å²) in [5, 5.41) is 1.64. The zero-order valence-electron chi connectivity index (χ0n) is 13.3. The topological polar surface area (TPSA) is 33.7 Å². The van der Waals surface area contributed by atoms with E-state index in [1.54, 1.807) is 5.17 Å². The van der Waals surface area contributed by atoms with E-state index < -0.39 is 0 Å². The first-order valence-electron chi connectivity index (χ1n) is 7.40. The van der Waals surface area contributed by atoms with Crippen LogP contribution in [0.3, 0.4) is 0 Å². The number of nitrogens with one attached hydrogen (secondary N) is 1. The highest BCUT2D eigenvalue weighted by molar-refractivity contribution is 9.10. The van der Waals surface area contributed by atoms with Crippen LogP contribution in [0, 0.1) is 0 Å². The van der Waals surface area contributed by atoms with Gasteiger partial charge in [0.1, 0.15) is 5.75 Å². The maximum atomic E-state index is 5.77. The molecule has 0 heterocycles. The number of halogens is 2. The molecule has 2 aromatic rings. The van der Waals surface area contributed by atoms with Crippen LogP contribution >= 0.6 is 31.9 Å². The van der Waals surface area contributed by atoms with Crippen LogP contribution in [0.25, 0.3) is 0 Å². The smallest absolute Gasteiger partial charge is 0.122 e. The first-order valence-corrected chi connectivity index (χ1v) is 8.99. The zero-order chi connectivity index (χ0) is 16.8. The first kappa shape index (κ1) is 18.1. The van der Waals surface area contributed by atoms with Gasteiger partial charge in [-0.3, -0.25) is 10.3 Å². The minimum absolute atomic E-state index is 0.116. The summed E-state index contributed by atoms with van der Waals surface area (Å²) in [7, 11) is 0. The zero-order valence-corrected chi connectivity index (χ0v) is 16.5. The summed E-state index contributed by atoms with van der Waals surface area (Å²) < 4.78 is 7.69. The molecule has 124 valence electrons. The second-order valence-electron chi connectivity index (χ2n) is 5.15. The van der Waals surface area contributed by atoms with Gasteiger partial charge in [0.25, 0.3) is 0 Å². The SMILES string of the molecule is CCON(Nc1cc(Br)cc(OC(C)C)c1)c1cccc(Br)c1. The van der Waals surface area contributed by atoms with E-state index in [4.69, 9.17) is 9.57 Å². The third kappa shape index (κ3) is 5.71. The molecule has 23 heavy (non-hydrogen) atoms. The number of anilines is 2. The van der Waals surface area contributed by atoms with Crippen molar-refractivity contribution in [1.29, 1.82) is 0 Å². The average Bonchev–Trinajstić information content (AvgIpc) is 2.45. The molecule has 0 fully saturated rings. The molecule has 2 aromatic carbocycles. The van der Waals surface area contributed by atoms with E-state index in [0.29, 0.717) is 6.61 Å². The molecule has 0 aliphatic heterocycles. The van der Waals surface area contributed by atoms with E-state index in [9.17, 15) is 0 Å². The van der Waals surface area contributed by atoms with Gasteiger partial charge in [-0.2, -0.15) is 5.17 Å². The molecule has 0 atom stereocenters. The summed E-state index contributed by atoms with van der Waals surface area (Å²) in [6, 6.07) is 13.7. The first-order chi connectivity index (χ1) is 11.0. The molecule has 2 rings (SSSR count). The number of rotatable bonds is 7. The fourth-order valence-corrected chi connectivity index (χ4v) is 2.85. The van der Waals surface area contributed by atoms with Crippen molar-refractivity contribution in [3.8, 4) is 5.75 Å². The van der Waals surface area contributed by atoms with E-state index >= 15 is 0 Å². The molecule has 0 saturated heterocycles. The van der Waals surface area contributed by atoms with Crippen molar-refractivity contribution in [2.24, 2.45) is 0 Å². The molecular formula is C17H20Br2N2O2. The largest absolute Gasteiger partial charge is 0.491 e. The van der Waals surface area contributed by atoms with Crippen LogP contribution in [0.5, 0.6) is 5.75 Å². The minimum atomic E-state index is 0.116. The quantitative estimate of drug-likeness (QED) is 0.549. The van der Waals surface area contributed by atoms with E-state index in [0.717, 1.165) is 26.1 Å². The van der Waals surface area contributed by atoms with Crippen LogP contribution < -0.4 is 15.3 Å². The van der Waals surface area contributed by atoms with E-state index in [1.165, 1.54) is 0 Å². The number of hydrogen-bond donors (Lipinski definition) is 1. The van der Waals surface area contributed by atoms with Gasteiger partial charge in [0.2, 0.25) is 0 Å². The molecule has 0 amide bonds. The number of hydrazine groups is 1. The summed E-state index contributed by atoms with van der Waals surface area (Å²) in [4.78, 5) is 5.69. The summed E-state index contributed by atoms with van der Waals surface area (Å²) in [6.07, 6.45) is 0.116. The maximum Gasteiger partial charge on any atom is 0.122 e. The van der Waals surface area contributed by atoms with Crippen molar-refractivity contribution < 1.29 is 9.57 Å². The van der Waals surface area contributed by atoms with Crippen LogP contribution in [-0.4, -0.2) is 12.7 Å². The third-order valence-electron chi connectivity index (χ3n) is 2.77. The number of nitrogens with zero attached hydrogens (tertiary/aromatic N) is 1. The maximum absolute atomic E-state index is 5.77. The van der Waals surface area contributed by atoms with Crippen LogP contribution in [-0.2, 0) is 4.84 Å². The Kier molecular flexibility index (Phi) is 6.74. The number of benzene rings is 2. The highest BCUT2D eigenvalue weighted by atomic mass is 79.9. The molecule has 0 aliphatic carbocycles. The molecule has 6 heteroatoms. The van der Waals surface area contributed by atoms with Crippen molar-refractivity contribution in [2.45, 2.75) is 26.9 Å². The molecule has 0 radical (unpaired) electrons. The summed E-state index contributed by atoms with van der Waals surface area (Å²) in [6.45, 7) is 6.49. The molecule has 0 aromatic heterocycles. The van der Waals surface area contributed by atoms with E-state index in [-0.39, 0.29) is 6.10 Å². The summed E-state index contributed by atoms with van der Waals surface area (Å²) in [5.41, 5.74) is 5.02. The van der Waals surface area contributed by atoms with Gasteiger partial charge in [0.05, 0.1) is 24.1 Å². The Balaban J connectivity index is 2.24. The fraction of sp³-hybridized carbons (Fsp3) is 0.294. The Hall–Kier alpha value is -1.24. The third-order valence-corrected chi connectivity index (χ3v) is 3.73. The van der Waals surface area contributed by atoms with Gasteiger partial charge in [-0.05, 0) is 51.1 Å². The average molecular weight is 444 g/mol. The summed E-state index contributed by atoms with van der Waals surface area (Å²) in [5.74, 6) is 0.794. The van der Waals surface area contributed by atoms with Crippen molar-refractivity contribution in [3.05, 3.63) is 51.4 Å². The molecule has 1 N–H and O–H groups in total. The van der Waals surface area contributed by atoms with Crippen molar-refractivity contribution >= 4 is 43.2 Å². The van der Waals surface area contributed by atoms with Crippen molar-refractivity contribution in [2.75, 3.05) is 17.2 Å². The lowest BCUT2D eigenvalue weighted by molar-refractivity contribution is 0.134. The minimum Gasteiger partial charge on any atom is -0.491 e. The van der Waals surface area contributed by atoms with Crippen LogP contribution in [0.4, 0.5) is 11.4 Å². The van der Waals surface area contributed by atoms with E-state index in [2.05, 4.69) is 37.3 Å². The predicted molar refractivity (Wildman–Crippen MR) is 102 cm³/mol. The highest BCUT2D eigenvalue weighted by Gasteiger charge is 2.09. The Morgan fingerprint density at radius 3 is 2.52 bits per heavy atom. The lowest BCUT2D eigenvalue weighted by Gasteiger charge is -2.25. The van der Waals surface area contributed by atoms with Crippen LogP contribution in [0.1, 0.15) is 20.8 Å². The normalized spacial score (nSPS) is 10.7. The second kappa shape index (κ2) is 8.57. The van der Waals surface area contributed by atoms with Gasteiger partial charge < -0.3 is 4.74 Å². The van der Waals surface area contributed by atoms with Crippen molar-refractivity contribution in [3.63, 3.8) is 0 Å². The number of ether oxygens (including phenoxy) is 1. The van der Waals surface area contributed by atoms with Gasteiger partial charge in [0.15, 0.2) is 0 Å². The molecule has 0 bridgehead atoms. The predicted octanol–water partition coefficient (Wildman–Crippen LogP) is 5.78. The lowest BCUT2D eigenvalue weighted by atomic mass is 10.3. The van der Waals surface area contributed by atoms with Crippen LogP contribution in [0.2, 0.25) is 0 Å². The standard InChI is InChI=1S/C17H20Br2N2O2/c1-4-22-21(16-7-5-6-13(18)9-16)20-15-8-14(19)10-17(11-15)23-12(2)3/h5-12,20H,4H2,1-3H3. The van der Waals surface area contributed by atoms with Gasteiger partial charge in [0, 0.05) is 15.0 Å². The molecule has 4 nitrogen and oxygen atoms in total. The summed E-state index contributed by atoms with van der Waals surface area (Å²) >= 11 is 6.99. The van der Waals surface area contributed by atoms with Crippen LogP contribution in [0.15, 0.2) is 51.4 Å². The van der Waals surface area contributed by atoms with Crippen molar-refractivity contribution in [1.82, 2.24) is 0 Å². The number of hydrogen-bond acceptors (Lipinski definition) is 4. The molecule has 0 unspecified atom stereocenters. The van der Waals surface area contributed by atoms with Gasteiger partial charge >= 0.3 is 0 Å². The molecule has 0 aliphatic rings. The fourth-order valence-electron chi connectivity index (χ4n) is 1.99. The van der Waals surface area contributed by atoms with Gasteiger partial charge in [-0.25, -0.2) is 0 Å². The van der Waals surface area contributed by atoms with Gasteiger partial charge in [-0.15, -0.1) is 0 Å². The molecule has 0 saturated carbocycles. The Labute approximate surface area is 154 Å². The van der Waals surface area contributed by atoms with Gasteiger partial charge in [-0.1, -0.05) is 37.9 Å². The Morgan fingerprint density at radius 1 is 1.09 bits per heavy atom. The molecular weight excluding hydrogens is 424 g/mol. The lowest BCUT2D eigenvalue weighted by Crippen LogP contribution is -2.30. The highest BCUT2D eigenvalue weighted by Crippen LogP contribution is 2.27.